The van der Waals surface area contributed by atoms with Crippen LogP contribution in [0.1, 0.15) is 47.9 Å². The zero-order valence-corrected chi connectivity index (χ0v) is 24.5. The zero-order chi connectivity index (χ0) is 28.3. The maximum absolute atomic E-state index is 5.64. The summed E-state index contributed by atoms with van der Waals surface area (Å²) in [6.07, 6.45) is 12.6. The number of fused-ring (bicyclic) bond motifs is 1. The van der Waals surface area contributed by atoms with E-state index in [0.29, 0.717) is 5.92 Å². The fourth-order valence-corrected chi connectivity index (χ4v) is 6.49. The molecule has 42 heavy (non-hydrogen) atoms. The molecule has 3 aromatic carbocycles. The maximum atomic E-state index is 5.64. The minimum atomic E-state index is 0.214. The van der Waals surface area contributed by atoms with Crippen molar-refractivity contribution < 1.29 is 4.74 Å². The maximum Gasteiger partial charge on any atom is 0.119 e. The Morgan fingerprint density at radius 3 is 2.43 bits per heavy atom. The monoisotopic (exact) mass is 556 g/mol. The van der Waals surface area contributed by atoms with E-state index >= 15 is 0 Å². The van der Waals surface area contributed by atoms with Crippen LogP contribution in [0.3, 0.4) is 0 Å². The molecule has 0 amide bonds. The van der Waals surface area contributed by atoms with Gasteiger partial charge >= 0.3 is 0 Å². The van der Waals surface area contributed by atoms with Crippen LogP contribution in [0, 0.1) is 0 Å². The van der Waals surface area contributed by atoms with Gasteiger partial charge in [0.2, 0.25) is 0 Å². The summed E-state index contributed by atoms with van der Waals surface area (Å²) in [7, 11) is 1.76. The molecule has 1 aliphatic carbocycles. The Labute approximate surface area is 249 Å². The first kappa shape index (κ1) is 26.9. The van der Waals surface area contributed by atoms with E-state index in [1.54, 1.807) is 7.11 Å². The molecule has 0 radical (unpaired) electrons. The van der Waals surface area contributed by atoms with Gasteiger partial charge in [0, 0.05) is 51.0 Å². The predicted molar refractivity (Wildman–Crippen MR) is 172 cm³/mol. The first-order valence-electron chi connectivity index (χ1n) is 15.4. The Bertz CT molecular complexity index is 1610. The topological polar surface area (TPSA) is 40.6 Å². The number of ether oxygens (including phenoxy) is 1. The van der Waals surface area contributed by atoms with Crippen LogP contribution in [-0.2, 0) is 6.54 Å². The SMILES string of the molecule is COc1cc(-c2cc(CN3CCN(CC4=CC(c5ccc6ccccc6c5)NC=C4)CC3)ccn2)cc(C2CCC2)c1. The van der Waals surface area contributed by atoms with Gasteiger partial charge in [-0.15, -0.1) is 0 Å². The summed E-state index contributed by atoms with van der Waals surface area (Å²) in [4.78, 5) is 9.91. The number of methoxy groups -OCH3 is 1. The molecule has 1 unspecified atom stereocenters. The molecule has 2 fully saturated rings. The van der Waals surface area contributed by atoms with Crippen molar-refractivity contribution in [2.45, 2.75) is 37.8 Å². The van der Waals surface area contributed by atoms with Crippen LogP contribution in [0.2, 0.25) is 0 Å². The molecule has 5 heteroatoms. The summed E-state index contributed by atoms with van der Waals surface area (Å²) in [5.74, 6) is 1.60. The molecule has 214 valence electrons. The highest BCUT2D eigenvalue weighted by Gasteiger charge is 2.22. The van der Waals surface area contributed by atoms with Crippen molar-refractivity contribution in [3.63, 3.8) is 0 Å². The molecule has 7 rings (SSSR count). The lowest BCUT2D eigenvalue weighted by Gasteiger charge is -2.35. The number of dihydropyridines is 1. The van der Waals surface area contributed by atoms with Crippen LogP contribution in [-0.4, -0.2) is 54.6 Å². The van der Waals surface area contributed by atoms with Crippen LogP contribution in [0.25, 0.3) is 22.0 Å². The van der Waals surface area contributed by atoms with E-state index in [4.69, 9.17) is 9.72 Å². The summed E-state index contributed by atoms with van der Waals surface area (Å²) >= 11 is 0. The fraction of sp³-hybridized carbons (Fsp3) is 0.324. The first-order valence-corrected chi connectivity index (χ1v) is 15.4. The normalized spacial score (nSPS) is 19.7. The number of pyridine rings is 1. The summed E-state index contributed by atoms with van der Waals surface area (Å²) < 4.78 is 5.64. The van der Waals surface area contributed by atoms with Gasteiger partial charge in [-0.25, -0.2) is 0 Å². The number of piperazine rings is 1. The molecule has 1 atom stereocenters. The average Bonchev–Trinajstić information content (AvgIpc) is 3.01. The molecular formula is C37H40N4O. The van der Waals surface area contributed by atoms with E-state index in [1.807, 2.05) is 6.20 Å². The Kier molecular flexibility index (Phi) is 7.78. The Morgan fingerprint density at radius 2 is 1.64 bits per heavy atom. The third-order valence-electron chi connectivity index (χ3n) is 9.23. The number of benzene rings is 3. The minimum Gasteiger partial charge on any atom is -0.497 e. The van der Waals surface area contributed by atoms with E-state index in [9.17, 15) is 0 Å². The second kappa shape index (κ2) is 12.1. The molecule has 0 spiro atoms. The second-order valence-corrected chi connectivity index (χ2v) is 12.1. The van der Waals surface area contributed by atoms with Crippen LogP contribution in [0.15, 0.2) is 103 Å². The highest BCUT2D eigenvalue weighted by Crippen LogP contribution is 2.39. The van der Waals surface area contributed by atoms with Gasteiger partial charge < -0.3 is 10.1 Å². The highest BCUT2D eigenvalue weighted by molar-refractivity contribution is 5.83. The van der Waals surface area contributed by atoms with Gasteiger partial charge in [0.05, 0.1) is 18.8 Å². The predicted octanol–water partition coefficient (Wildman–Crippen LogP) is 7.08. The summed E-state index contributed by atoms with van der Waals surface area (Å²) in [6, 6.07) is 26.7. The zero-order valence-electron chi connectivity index (χ0n) is 24.5. The van der Waals surface area contributed by atoms with Gasteiger partial charge in [0.1, 0.15) is 5.75 Å². The molecule has 1 N–H and O–H groups in total. The van der Waals surface area contributed by atoms with Crippen LogP contribution >= 0.6 is 0 Å². The lowest BCUT2D eigenvalue weighted by molar-refractivity contribution is 0.135. The molecule has 4 aromatic rings. The van der Waals surface area contributed by atoms with Crippen molar-refractivity contribution in [3.8, 4) is 17.0 Å². The van der Waals surface area contributed by atoms with Crippen molar-refractivity contribution in [1.82, 2.24) is 20.1 Å². The summed E-state index contributed by atoms with van der Waals surface area (Å²) in [5, 5.41) is 6.12. The van der Waals surface area contributed by atoms with Gasteiger partial charge in [-0.3, -0.25) is 14.8 Å². The molecule has 1 saturated carbocycles. The van der Waals surface area contributed by atoms with Gasteiger partial charge in [-0.2, -0.15) is 0 Å². The number of nitrogens with zero attached hydrogens (tertiary/aromatic N) is 3. The van der Waals surface area contributed by atoms with Gasteiger partial charge in [0.15, 0.2) is 0 Å². The van der Waals surface area contributed by atoms with Crippen LogP contribution in [0.4, 0.5) is 0 Å². The third kappa shape index (κ3) is 5.99. The van der Waals surface area contributed by atoms with Crippen molar-refractivity contribution >= 4 is 10.8 Å². The number of aromatic nitrogens is 1. The summed E-state index contributed by atoms with van der Waals surface area (Å²) in [5.41, 5.74) is 7.61. The minimum absolute atomic E-state index is 0.214. The van der Waals surface area contributed by atoms with Crippen molar-refractivity contribution in [2.75, 3.05) is 39.8 Å². The molecule has 0 bridgehead atoms. The third-order valence-corrected chi connectivity index (χ3v) is 9.23. The molecule has 5 nitrogen and oxygen atoms in total. The molecule has 3 heterocycles. The Balaban J connectivity index is 0.963. The standard InChI is InChI=1S/C37H40N4O/c1-42-35-23-33(29-7-4-8-29)22-34(24-35)37-20-28(12-14-39-37)26-41-17-15-40(16-18-41)25-27-11-13-38-36(19-27)32-10-9-30-5-2-3-6-31(30)21-32/h2-3,5-6,9-14,19-24,29,36,38H,4,7-8,15-18,25-26H2,1H3. The van der Waals surface area contributed by atoms with E-state index in [1.165, 1.54) is 52.3 Å². The fourth-order valence-electron chi connectivity index (χ4n) is 6.49. The largest absolute Gasteiger partial charge is 0.497 e. The quantitative estimate of drug-likeness (QED) is 0.251. The lowest BCUT2D eigenvalue weighted by atomic mass is 9.79. The first-order chi connectivity index (χ1) is 20.7. The number of rotatable bonds is 8. The van der Waals surface area contributed by atoms with Crippen LogP contribution in [0.5, 0.6) is 5.75 Å². The summed E-state index contributed by atoms with van der Waals surface area (Å²) in [6.45, 7) is 6.27. The average molecular weight is 557 g/mol. The second-order valence-electron chi connectivity index (χ2n) is 12.1. The lowest BCUT2D eigenvalue weighted by Crippen LogP contribution is -2.46. The van der Waals surface area contributed by atoms with E-state index < -0.39 is 0 Å². The molecule has 1 aromatic heterocycles. The Hall–Kier alpha value is -3.93. The Morgan fingerprint density at radius 1 is 0.833 bits per heavy atom. The van der Waals surface area contributed by atoms with E-state index in [0.717, 1.165) is 56.3 Å². The highest BCUT2D eigenvalue weighted by atomic mass is 16.5. The van der Waals surface area contributed by atoms with Crippen molar-refractivity contribution in [1.29, 1.82) is 0 Å². The molecular weight excluding hydrogens is 516 g/mol. The smallest absolute Gasteiger partial charge is 0.119 e. The van der Waals surface area contributed by atoms with Crippen LogP contribution < -0.4 is 10.1 Å². The molecule has 2 aliphatic heterocycles. The van der Waals surface area contributed by atoms with Gasteiger partial charge in [-0.05, 0) is 100 Å². The number of nitrogens with one attached hydrogen (secondary N) is 1. The number of hydrogen-bond donors (Lipinski definition) is 1. The van der Waals surface area contributed by atoms with E-state index in [-0.39, 0.29) is 6.04 Å². The van der Waals surface area contributed by atoms with Gasteiger partial charge in [0.25, 0.3) is 0 Å². The van der Waals surface area contributed by atoms with E-state index in [2.05, 4.69) is 106 Å². The molecule has 1 saturated heterocycles. The van der Waals surface area contributed by atoms with Gasteiger partial charge in [-0.1, -0.05) is 48.9 Å². The van der Waals surface area contributed by atoms with Crippen molar-refractivity contribution in [2.24, 2.45) is 0 Å². The van der Waals surface area contributed by atoms with Crippen molar-refractivity contribution in [3.05, 3.63) is 120 Å². The molecule has 3 aliphatic rings. The number of hydrogen-bond acceptors (Lipinski definition) is 5.